The van der Waals surface area contributed by atoms with Gasteiger partial charge in [0, 0.05) is 0 Å². The summed E-state index contributed by atoms with van der Waals surface area (Å²) in [5.74, 6) is 0. The molecule has 0 radical (unpaired) electrons. The summed E-state index contributed by atoms with van der Waals surface area (Å²) in [5, 5.41) is 0. The fourth-order valence-corrected chi connectivity index (χ4v) is 1.68. The first kappa shape index (κ1) is 9.04. The molecule has 0 bridgehead atoms. The normalized spacial score (nSPS) is 14.9. The Bertz CT molecular complexity index is 205. The summed E-state index contributed by atoms with van der Waals surface area (Å²) in [5.41, 5.74) is 3.16. The molecule has 0 aliphatic heterocycles. The van der Waals surface area contributed by atoms with Crippen LogP contribution in [0.15, 0.2) is 24.3 Å². The molecule has 0 heterocycles. The van der Waals surface area contributed by atoms with E-state index in [1.807, 2.05) is 0 Å². The lowest BCUT2D eigenvalue weighted by molar-refractivity contribution is 0.685. The Morgan fingerprint density at radius 3 is 1.73 bits per heavy atom. The molecule has 0 fully saturated rings. The first-order chi connectivity index (χ1) is 4.97. The van der Waals surface area contributed by atoms with Crippen molar-refractivity contribution in [3.05, 3.63) is 35.4 Å². The van der Waals surface area contributed by atoms with Gasteiger partial charge in [-0.05, 0) is 36.8 Å². The van der Waals surface area contributed by atoms with Gasteiger partial charge in [0.1, 0.15) is 0 Å². The van der Waals surface area contributed by atoms with Crippen molar-refractivity contribution >= 4 is 24.0 Å². The van der Waals surface area contributed by atoms with Gasteiger partial charge in [-0.1, -0.05) is 24.3 Å². The lowest BCUT2D eigenvalue weighted by Gasteiger charge is -2.13. The van der Waals surface area contributed by atoms with Crippen LogP contribution in [0.2, 0.25) is 0 Å². The first-order valence-electron chi connectivity index (χ1n) is 4.03. The second kappa shape index (κ2) is 4.10. The van der Waals surface area contributed by atoms with Crippen molar-refractivity contribution in [1.82, 2.24) is 0 Å². The Labute approximate surface area is 85.0 Å². The molecule has 0 aromatic heterocycles. The SMILES string of the molecule is I.c1ccc2c(c1)CCCC2. The molecular formula is C10H13I. The maximum Gasteiger partial charge on any atom is -0.0276 e. The molecule has 11 heavy (non-hydrogen) atoms. The molecule has 1 aliphatic rings. The van der Waals surface area contributed by atoms with Gasteiger partial charge in [-0.2, -0.15) is 0 Å². The quantitative estimate of drug-likeness (QED) is 0.628. The molecule has 1 aliphatic carbocycles. The Morgan fingerprint density at radius 2 is 1.27 bits per heavy atom. The third-order valence-corrected chi connectivity index (χ3v) is 2.26. The average Bonchev–Trinajstić information content (AvgIpc) is 2.05. The van der Waals surface area contributed by atoms with Crippen LogP contribution >= 0.6 is 24.0 Å². The van der Waals surface area contributed by atoms with Gasteiger partial charge < -0.3 is 0 Å². The summed E-state index contributed by atoms with van der Waals surface area (Å²) in [4.78, 5) is 0. The molecular weight excluding hydrogens is 247 g/mol. The standard InChI is InChI=1S/C10H12.HI/c1-2-6-10-8-4-3-7-9(10)5-1;/h1-2,5-6H,3-4,7-8H2;1H. The highest BCUT2D eigenvalue weighted by Crippen LogP contribution is 2.19. The van der Waals surface area contributed by atoms with E-state index in [2.05, 4.69) is 24.3 Å². The Hall–Kier alpha value is -0.0500. The average molecular weight is 260 g/mol. The van der Waals surface area contributed by atoms with Gasteiger partial charge >= 0.3 is 0 Å². The Kier molecular flexibility index (Phi) is 3.37. The third kappa shape index (κ3) is 1.95. The van der Waals surface area contributed by atoms with Crippen molar-refractivity contribution in [3.8, 4) is 0 Å². The number of fused-ring (bicyclic) bond motifs is 1. The molecule has 0 unspecified atom stereocenters. The van der Waals surface area contributed by atoms with Gasteiger partial charge in [0.25, 0.3) is 0 Å². The van der Waals surface area contributed by atoms with E-state index in [0.717, 1.165) is 0 Å². The van der Waals surface area contributed by atoms with E-state index < -0.39 is 0 Å². The minimum absolute atomic E-state index is 0. The Morgan fingerprint density at radius 1 is 0.818 bits per heavy atom. The summed E-state index contributed by atoms with van der Waals surface area (Å²) >= 11 is 0. The van der Waals surface area contributed by atoms with Crippen molar-refractivity contribution in [3.63, 3.8) is 0 Å². The molecule has 0 N–H and O–H groups in total. The second-order valence-corrected chi connectivity index (χ2v) is 2.98. The summed E-state index contributed by atoms with van der Waals surface area (Å²) in [7, 11) is 0. The fourth-order valence-electron chi connectivity index (χ4n) is 1.68. The van der Waals surface area contributed by atoms with E-state index in [-0.39, 0.29) is 24.0 Å². The Balaban J connectivity index is 0.000000605. The van der Waals surface area contributed by atoms with Crippen LogP contribution in [0.3, 0.4) is 0 Å². The van der Waals surface area contributed by atoms with Crippen LogP contribution in [0.1, 0.15) is 24.0 Å². The number of aryl methyl sites for hydroxylation is 2. The van der Waals surface area contributed by atoms with Crippen LogP contribution < -0.4 is 0 Å². The number of benzene rings is 1. The van der Waals surface area contributed by atoms with Gasteiger partial charge in [-0.15, -0.1) is 24.0 Å². The van der Waals surface area contributed by atoms with E-state index in [1.54, 1.807) is 11.1 Å². The molecule has 0 saturated carbocycles. The highest BCUT2D eigenvalue weighted by molar-refractivity contribution is 14.0. The van der Waals surface area contributed by atoms with Crippen LogP contribution in [0.25, 0.3) is 0 Å². The molecule has 0 spiro atoms. The van der Waals surface area contributed by atoms with Gasteiger partial charge in [0.05, 0.1) is 0 Å². The van der Waals surface area contributed by atoms with Crippen LogP contribution in [0.5, 0.6) is 0 Å². The van der Waals surface area contributed by atoms with Crippen LogP contribution in [-0.4, -0.2) is 0 Å². The number of hydrogen-bond acceptors (Lipinski definition) is 0. The van der Waals surface area contributed by atoms with E-state index in [0.29, 0.717) is 0 Å². The zero-order chi connectivity index (χ0) is 6.81. The molecule has 60 valence electrons. The molecule has 0 nitrogen and oxygen atoms in total. The zero-order valence-corrected chi connectivity index (χ0v) is 8.88. The van der Waals surface area contributed by atoms with Crippen molar-refractivity contribution in [2.45, 2.75) is 25.7 Å². The van der Waals surface area contributed by atoms with Crippen molar-refractivity contribution < 1.29 is 0 Å². The predicted molar refractivity (Wildman–Crippen MR) is 58.5 cm³/mol. The molecule has 0 atom stereocenters. The smallest absolute Gasteiger partial charge is 0.0276 e. The summed E-state index contributed by atoms with van der Waals surface area (Å²) in [6.07, 6.45) is 5.38. The molecule has 1 aromatic carbocycles. The van der Waals surface area contributed by atoms with Crippen LogP contribution in [0.4, 0.5) is 0 Å². The number of hydrogen-bond donors (Lipinski definition) is 0. The highest BCUT2D eigenvalue weighted by atomic mass is 127. The van der Waals surface area contributed by atoms with E-state index >= 15 is 0 Å². The molecule has 0 amide bonds. The minimum atomic E-state index is 0. The maximum absolute atomic E-state index is 2.26. The van der Waals surface area contributed by atoms with E-state index in [9.17, 15) is 0 Å². The number of rotatable bonds is 0. The van der Waals surface area contributed by atoms with E-state index in [1.165, 1.54) is 25.7 Å². The van der Waals surface area contributed by atoms with Crippen LogP contribution in [0, 0.1) is 0 Å². The number of halogens is 1. The van der Waals surface area contributed by atoms with Gasteiger partial charge in [0.2, 0.25) is 0 Å². The third-order valence-electron chi connectivity index (χ3n) is 2.26. The van der Waals surface area contributed by atoms with Crippen LogP contribution in [-0.2, 0) is 12.8 Å². The lowest BCUT2D eigenvalue weighted by atomic mass is 9.92. The monoisotopic (exact) mass is 260 g/mol. The first-order valence-corrected chi connectivity index (χ1v) is 4.03. The predicted octanol–water partition coefficient (Wildman–Crippen LogP) is 3.18. The van der Waals surface area contributed by atoms with Crippen molar-refractivity contribution in [2.75, 3.05) is 0 Å². The summed E-state index contributed by atoms with van der Waals surface area (Å²) in [6, 6.07) is 8.80. The van der Waals surface area contributed by atoms with Crippen molar-refractivity contribution in [1.29, 1.82) is 0 Å². The van der Waals surface area contributed by atoms with Gasteiger partial charge in [-0.3, -0.25) is 0 Å². The highest BCUT2D eigenvalue weighted by Gasteiger charge is 2.05. The molecule has 1 aromatic rings. The fraction of sp³-hybridized carbons (Fsp3) is 0.400. The molecule has 1 heteroatoms. The topological polar surface area (TPSA) is 0 Å². The molecule has 0 saturated heterocycles. The largest absolute Gasteiger partial charge is 0.107 e. The minimum Gasteiger partial charge on any atom is -0.107 e. The maximum atomic E-state index is 2.26. The zero-order valence-electron chi connectivity index (χ0n) is 6.55. The molecule has 2 rings (SSSR count). The lowest BCUT2D eigenvalue weighted by Crippen LogP contribution is -2.00. The van der Waals surface area contributed by atoms with Gasteiger partial charge in [-0.25, -0.2) is 0 Å². The van der Waals surface area contributed by atoms with Crippen molar-refractivity contribution in [2.24, 2.45) is 0 Å². The van der Waals surface area contributed by atoms with E-state index in [4.69, 9.17) is 0 Å². The second-order valence-electron chi connectivity index (χ2n) is 2.98. The van der Waals surface area contributed by atoms with Gasteiger partial charge in [0.15, 0.2) is 0 Å². The summed E-state index contributed by atoms with van der Waals surface area (Å²) < 4.78 is 0. The summed E-state index contributed by atoms with van der Waals surface area (Å²) in [6.45, 7) is 0.